The van der Waals surface area contributed by atoms with Gasteiger partial charge in [-0.25, -0.2) is 0 Å². The third-order valence-electron chi connectivity index (χ3n) is 5.03. The highest BCUT2D eigenvalue weighted by molar-refractivity contribution is 5.95. The van der Waals surface area contributed by atoms with Gasteiger partial charge in [-0.2, -0.15) is 0 Å². The van der Waals surface area contributed by atoms with E-state index in [0.717, 1.165) is 24.2 Å². The predicted octanol–water partition coefficient (Wildman–Crippen LogP) is 4.04. The smallest absolute Gasteiger partial charge is 0.289 e. The van der Waals surface area contributed by atoms with Crippen molar-refractivity contribution in [1.29, 1.82) is 0 Å². The fourth-order valence-electron chi connectivity index (χ4n) is 3.48. The molecule has 7 nitrogen and oxygen atoms in total. The Balaban J connectivity index is 1.37. The number of rotatable bonds is 5. The molecule has 0 radical (unpaired) electrons. The van der Waals surface area contributed by atoms with Crippen LogP contribution in [0.3, 0.4) is 0 Å². The molecule has 0 unspecified atom stereocenters. The zero-order valence-corrected chi connectivity index (χ0v) is 16.1. The Labute approximate surface area is 168 Å². The lowest BCUT2D eigenvalue weighted by Crippen LogP contribution is -2.43. The number of piperidine rings is 1. The van der Waals surface area contributed by atoms with E-state index in [-0.39, 0.29) is 29.4 Å². The molecule has 0 saturated carbocycles. The second kappa shape index (κ2) is 8.26. The Kier molecular flexibility index (Phi) is 5.37. The van der Waals surface area contributed by atoms with E-state index >= 15 is 0 Å². The molecule has 1 N–H and O–H groups in total. The van der Waals surface area contributed by atoms with Gasteiger partial charge in [0.25, 0.3) is 11.9 Å². The summed E-state index contributed by atoms with van der Waals surface area (Å²) in [7, 11) is 1.48. The predicted molar refractivity (Wildman–Crippen MR) is 107 cm³/mol. The number of likely N-dealkylation sites (tertiary alicyclic amines) is 1. The van der Waals surface area contributed by atoms with Crippen LogP contribution in [-0.2, 0) is 4.79 Å². The molecule has 7 heteroatoms. The number of hydrogen-bond donors (Lipinski definition) is 1. The number of anilines is 1. The highest BCUT2D eigenvalue weighted by Crippen LogP contribution is 2.24. The number of ether oxygens (including phenoxy) is 1. The van der Waals surface area contributed by atoms with Crippen LogP contribution >= 0.6 is 0 Å². The number of amides is 2. The Hall–Kier alpha value is -3.48. The summed E-state index contributed by atoms with van der Waals surface area (Å²) >= 11 is 0. The summed E-state index contributed by atoms with van der Waals surface area (Å²) in [6.45, 7) is 0.960. The minimum Gasteiger partial charge on any atom is -0.468 e. The summed E-state index contributed by atoms with van der Waals surface area (Å²) in [6.07, 6.45) is 3.13. The van der Waals surface area contributed by atoms with Crippen LogP contribution in [-0.4, -0.2) is 36.9 Å². The average molecular weight is 394 g/mol. The molecule has 4 rings (SSSR count). The maximum absolute atomic E-state index is 12.7. The number of nitrogens with zero attached hydrogens (tertiary/aromatic N) is 1. The van der Waals surface area contributed by atoms with Gasteiger partial charge in [0.15, 0.2) is 5.76 Å². The zero-order valence-electron chi connectivity index (χ0n) is 16.1. The molecular weight excluding hydrogens is 372 g/mol. The number of carbonyl (C=O) groups excluding carboxylic acids is 2. The standard InChI is InChI=1S/C22H22N2O5/c1-27-20-11-10-19(29-20)22(26)24-12-2-4-16(14-24)21(25)23-17-8-6-15(7-9-17)18-5-3-13-28-18/h3,5-11,13,16H,2,4,12,14H2,1H3,(H,23,25)/t16-/m0/s1. The summed E-state index contributed by atoms with van der Waals surface area (Å²) in [4.78, 5) is 27.0. The molecule has 2 aromatic heterocycles. The molecule has 1 fully saturated rings. The van der Waals surface area contributed by atoms with Crippen molar-refractivity contribution >= 4 is 17.5 Å². The van der Waals surface area contributed by atoms with Crippen LogP contribution in [0.1, 0.15) is 23.4 Å². The van der Waals surface area contributed by atoms with Crippen LogP contribution in [0.15, 0.2) is 63.6 Å². The van der Waals surface area contributed by atoms with Crippen LogP contribution < -0.4 is 10.1 Å². The van der Waals surface area contributed by atoms with E-state index in [4.69, 9.17) is 13.6 Å². The van der Waals surface area contributed by atoms with E-state index in [0.29, 0.717) is 18.8 Å². The average Bonchev–Trinajstić information content (AvgIpc) is 3.46. The second-order valence-corrected chi connectivity index (χ2v) is 6.96. The summed E-state index contributed by atoms with van der Waals surface area (Å²) in [5.41, 5.74) is 1.65. The molecule has 0 bridgehead atoms. The first-order valence-corrected chi connectivity index (χ1v) is 9.52. The lowest BCUT2D eigenvalue weighted by Gasteiger charge is -2.31. The molecule has 0 aliphatic carbocycles. The lowest BCUT2D eigenvalue weighted by molar-refractivity contribution is -0.121. The van der Waals surface area contributed by atoms with Gasteiger partial charge < -0.3 is 23.8 Å². The molecule has 1 aromatic carbocycles. The van der Waals surface area contributed by atoms with Gasteiger partial charge in [0, 0.05) is 30.4 Å². The Morgan fingerprint density at radius 1 is 1.14 bits per heavy atom. The van der Waals surface area contributed by atoms with Crippen LogP contribution in [0.5, 0.6) is 5.95 Å². The first-order chi connectivity index (χ1) is 14.1. The normalized spacial score (nSPS) is 16.4. The molecule has 0 spiro atoms. The number of methoxy groups -OCH3 is 1. The molecule has 2 amide bonds. The number of benzene rings is 1. The number of hydrogen-bond acceptors (Lipinski definition) is 5. The Morgan fingerprint density at radius 3 is 2.66 bits per heavy atom. The summed E-state index contributed by atoms with van der Waals surface area (Å²) in [5, 5.41) is 2.95. The first kappa shape index (κ1) is 18.9. The fraction of sp³-hybridized carbons (Fsp3) is 0.273. The quantitative estimate of drug-likeness (QED) is 0.706. The van der Waals surface area contributed by atoms with Crippen molar-refractivity contribution in [3.05, 3.63) is 60.6 Å². The van der Waals surface area contributed by atoms with Gasteiger partial charge in [0.05, 0.1) is 19.3 Å². The van der Waals surface area contributed by atoms with Gasteiger partial charge in [-0.05, 0) is 55.3 Å². The van der Waals surface area contributed by atoms with E-state index in [1.54, 1.807) is 23.3 Å². The molecule has 150 valence electrons. The van der Waals surface area contributed by atoms with Crippen LogP contribution in [0.25, 0.3) is 11.3 Å². The number of carbonyl (C=O) groups is 2. The van der Waals surface area contributed by atoms with E-state index in [1.807, 2.05) is 36.4 Å². The summed E-state index contributed by atoms with van der Waals surface area (Å²) in [5.74, 6) is 0.695. The summed E-state index contributed by atoms with van der Waals surface area (Å²) in [6, 6.07) is 14.4. The molecular formula is C22H22N2O5. The van der Waals surface area contributed by atoms with Crippen molar-refractivity contribution < 1.29 is 23.2 Å². The Bertz CT molecular complexity index is 975. The third-order valence-corrected chi connectivity index (χ3v) is 5.03. The van der Waals surface area contributed by atoms with Crippen LogP contribution in [0, 0.1) is 5.92 Å². The number of nitrogens with one attached hydrogen (secondary N) is 1. The largest absolute Gasteiger partial charge is 0.468 e. The van der Waals surface area contributed by atoms with Crippen LogP contribution in [0.2, 0.25) is 0 Å². The van der Waals surface area contributed by atoms with Crippen molar-refractivity contribution in [2.45, 2.75) is 12.8 Å². The van der Waals surface area contributed by atoms with E-state index in [2.05, 4.69) is 5.32 Å². The summed E-state index contributed by atoms with van der Waals surface area (Å²) < 4.78 is 15.7. The Morgan fingerprint density at radius 2 is 1.97 bits per heavy atom. The van der Waals surface area contributed by atoms with Crippen molar-refractivity contribution in [2.24, 2.45) is 5.92 Å². The number of furan rings is 2. The molecule has 1 aliphatic heterocycles. The molecule has 29 heavy (non-hydrogen) atoms. The molecule has 1 saturated heterocycles. The monoisotopic (exact) mass is 394 g/mol. The SMILES string of the molecule is COc1ccc(C(=O)N2CCC[C@H](C(=O)Nc3ccc(-c4ccco4)cc3)C2)o1. The molecule has 3 heterocycles. The van der Waals surface area contributed by atoms with Crippen LogP contribution in [0.4, 0.5) is 5.69 Å². The van der Waals surface area contributed by atoms with Crippen molar-refractivity contribution in [3.8, 4) is 17.3 Å². The fourth-order valence-corrected chi connectivity index (χ4v) is 3.48. The van der Waals surface area contributed by atoms with Gasteiger partial charge in [0.2, 0.25) is 5.91 Å². The van der Waals surface area contributed by atoms with Crippen molar-refractivity contribution in [3.63, 3.8) is 0 Å². The lowest BCUT2D eigenvalue weighted by atomic mass is 9.96. The third kappa shape index (κ3) is 4.18. The van der Waals surface area contributed by atoms with Crippen molar-refractivity contribution in [1.82, 2.24) is 4.90 Å². The zero-order chi connectivity index (χ0) is 20.2. The first-order valence-electron chi connectivity index (χ1n) is 9.52. The van der Waals surface area contributed by atoms with Gasteiger partial charge in [0.1, 0.15) is 5.76 Å². The topological polar surface area (TPSA) is 84.9 Å². The highest BCUT2D eigenvalue weighted by atomic mass is 16.6. The van der Waals surface area contributed by atoms with Crippen molar-refractivity contribution in [2.75, 3.05) is 25.5 Å². The van der Waals surface area contributed by atoms with E-state index < -0.39 is 0 Å². The highest BCUT2D eigenvalue weighted by Gasteiger charge is 2.30. The second-order valence-electron chi connectivity index (χ2n) is 6.96. The van der Waals surface area contributed by atoms with Gasteiger partial charge in [-0.15, -0.1) is 0 Å². The molecule has 1 aliphatic rings. The maximum atomic E-state index is 12.7. The van der Waals surface area contributed by atoms with E-state index in [9.17, 15) is 9.59 Å². The van der Waals surface area contributed by atoms with Gasteiger partial charge in [-0.1, -0.05) is 0 Å². The molecule has 3 aromatic rings. The van der Waals surface area contributed by atoms with E-state index in [1.165, 1.54) is 7.11 Å². The minimum atomic E-state index is -0.269. The van der Waals surface area contributed by atoms with Gasteiger partial charge in [-0.3, -0.25) is 9.59 Å². The van der Waals surface area contributed by atoms with Gasteiger partial charge >= 0.3 is 0 Å². The molecule has 1 atom stereocenters. The minimum absolute atomic E-state index is 0.0923. The maximum Gasteiger partial charge on any atom is 0.289 e.